The van der Waals surface area contributed by atoms with Gasteiger partial charge in [-0.2, -0.15) is 0 Å². The third kappa shape index (κ3) is 1.48. The number of nitrogens with one attached hydrogen (secondary N) is 1. The predicted molar refractivity (Wildman–Crippen MR) is 43.2 cm³/mol. The Bertz CT molecular complexity index is 364. The lowest BCUT2D eigenvalue weighted by Gasteiger charge is -2.00. The van der Waals surface area contributed by atoms with Crippen LogP contribution in [0.25, 0.3) is 0 Å². The minimum atomic E-state index is -3.70. The summed E-state index contributed by atoms with van der Waals surface area (Å²) in [5, 5.41) is 6.85. The molecule has 0 saturated carbocycles. The average Bonchev–Trinajstić information content (AvgIpc) is 2.31. The van der Waals surface area contributed by atoms with Crippen molar-refractivity contribution in [3.8, 4) is 0 Å². The van der Waals surface area contributed by atoms with Crippen LogP contribution in [0.4, 0.5) is 0 Å². The van der Waals surface area contributed by atoms with Crippen LogP contribution < -0.4 is 10.7 Å². The molecule has 0 aliphatic rings. The number of hydrogen-bond donors (Lipinski definition) is 2. The summed E-state index contributed by atoms with van der Waals surface area (Å²) in [4.78, 5) is 1.67. The SMILES string of the molecule is Cn1nnc(Br)c1S(=O)(=O)NN. The van der Waals surface area contributed by atoms with Crippen molar-refractivity contribution < 1.29 is 8.42 Å². The third-order valence-electron chi connectivity index (χ3n) is 1.15. The van der Waals surface area contributed by atoms with Crippen LogP contribution in [0.1, 0.15) is 0 Å². The highest BCUT2D eigenvalue weighted by Crippen LogP contribution is 2.16. The minimum Gasteiger partial charge on any atom is -0.257 e. The van der Waals surface area contributed by atoms with Gasteiger partial charge in [-0.15, -0.1) is 9.93 Å². The summed E-state index contributed by atoms with van der Waals surface area (Å²) >= 11 is 2.92. The summed E-state index contributed by atoms with van der Waals surface area (Å²) in [5.74, 6) is 4.81. The Labute approximate surface area is 77.1 Å². The molecule has 0 aliphatic carbocycles. The van der Waals surface area contributed by atoms with Gasteiger partial charge in [0.25, 0.3) is 10.0 Å². The fourth-order valence-corrected chi connectivity index (χ4v) is 2.39. The summed E-state index contributed by atoms with van der Waals surface area (Å²) in [5.41, 5.74) is 0. The van der Waals surface area contributed by atoms with Gasteiger partial charge >= 0.3 is 0 Å². The van der Waals surface area contributed by atoms with Gasteiger partial charge in [-0.25, -0.2) is 13.1 Å². The standard InChI is InChI=1S/C3H6BrN5O2S/c1-9-3(2(4)6-8-9)12(10,11)7-5/h7H,5H2,1H3. The van der Waals surface area contributed by atoms with Crippen molar-refractivity contribution >= 4 is 26.0 Å². The highest BCUT2D eigenvalue weighted by atomic mass is 79.9. The molecule has 0 saturated heterocycles. The van der Waals surface area contributed by atoms with E-state index in [2.05, 4.69) is 26.2 Å². The van der Waals surface area contributed by atoms with E-state index < -0.39 is 10.0 Å². The lowest BCUT2D eigenvalue weighted by molar-refractivity contribution is 0.562. The van der Waals surface area contributed by atoms with Crippen molar-refractivity contribution in [1.82, 2.24) is 19.8 Å². The van der Waals surface area contributed by atoms with Crippen LogP contribution in [-0.2, 0) is 17.1 Å². The molecule has 3 N–H and O–H groups in total. The van der Waals surface area contributed by atoms with Gasteiger partial charge in [0, 0.05) is 7.05 Å². The van der Waals surface area contributed by atoms with E-state index >= 15 is 0 Å². The molecule has 0 fully saturated rings. The van der Waals surface area contributed by atoms with Crippen LogP contribution in [0.15, 0.2) is 9.63 Å². The van der Waals surface area contributed by atoms with E-state index in [1.165, 1.54) is 7.05 Å². The molecular formula is C3H6BrN5O2S. The summed E-state index contributed by atoms with van der Waals surface area (Å²) < 4.78 is 23.5. The first-order valence-electron chi connectivity index (χ1n) is 2.76. The fourth-order valence-electron chi connectivity index (χ4n) is 0.664. The van der Waals surface area contributed by atoms with Gasteiger partial charge in [-0.1, -0.05) is 5.21 Å². The zero-order chi connectivity index (χ0) is 9.35. The van der Waals surface area contributed by atoms with E-state index in [1.807, 2.05) is 0 Å². The Morgan fingerprint density at radius 2 is 2.25 bits per heavy atom. The summed E-state index contributed by atoms with van der Waals surface area (Å²) in [6.45, 7) is 0. The van der Waals surface area contributed by atoms with Crippen molar-refractivity contribution in [3.05, 3.63) is 4.60 Å². The largest absolute Gasteiger partial charge is 0.273 e. The average molecular weight is 256 g/mol. The van der Waals surface area contributed by atoms with E-state index in [0.717, 1.165) is 4.68 Å². The van der Waals surface area contributed by atoms with Gasteiger partial charge in [-0.05, 0) is 15.9 Å². The Morgan fingerprint density at radius 1 is 1.67 bits per heavy atom. The molecule has 68 valence electrons. The number of aryl methyl sites for hydroxylation is 1. The number of hydrazine groups is 1. The van der Waals surface area contributed by atoms with Crippen molar-refractivity contribution in [1.29, 1.82) is 0 Å². The van der Waals surface area contributed by atoms with E-state index in [0.29, 0.717) is 0 Å². The van der Waals surface area contributed by atoms with Gasteiger partial charge in [0.15, 0.2) is 4.60 Å². The molecule has 0 bridgehead atoms. The molecule has 0 amide bonds. The molecule has 1 rings (SSSR count). The normalized spacial score (nSPS) is 11.9. The van der Waals surface area contributed by atoms with Gasteiger partial charge in [0.1, 0.15) is 0 Å². The summed E-state index contributed by atoms with van der Waals surface area (Å²) in [6, 6.07) is 0. The predicted octanol–water partition coefficient (Wildman–Crippen LogP) is -1.27. The smallest absolute Gasteiger partial charge is 0.257 e. The molecule has 7 nitrogen and oxygen atoms in total. The Kier molecular flexibility index (Phi) is 2.46. The molecule has 0 spiro atoms. The fraction of sp³-hybridized carbons (Fsp3) is 0.333. The third-order valence-corrected chi connectivity index (χ3v) is 3.22. The molecule has 9 heteroatoms. The number of rotatable bonds is 2. The van der Waals surface area contributed by atoms with E-state index in [4.69, 9.17) is 5.84 Å². The first-order valence-corrected chi connectivity index (χ1v) is 5.04. The number of aromatic nitrogens is 3. The summed E-state index contributed by atoms with van der Waals surface area (Å²) in [6.07, 6.45) is 0. The zero-order valence-electron chi connectivity index (χ0n) is 6.02. The second-order valence-corrected chi connectivity index (χ2v) is 4.31. The zero-order valence-corrected chi connectivity index (χ0v) is 8.42. The number of hydrogen-bond acceptors (Lipinski definition) is 5. The monoisotopic (exact) mass is 255 g/mol. The molecule has 0 unspecified atom stereocenters. The minimum absolute atomic E-state index is 0.106. The van der Waals surface area contributed by atoms with Crippen molar-refractivity contribution in [2.24, 2.45) is 12.9 Å². The Hall–Kier alpha value is -0.510. The number of sulfonamides is 1. The maximum absolute atomic E-state index is 11.1. The number of nitrogens with two attached hydrogens (primary N) is 1. The van der Waals surface area contributed by atoms with Gasteiger partial charge < -0.3 is 0 Å². The highest BCUT2D eigenvalue weighted by molar-refractivity contribution is 9.10. The van der Waals surface area contributed by atoms with Gasteiger partial charge in [-0.3, -0.25) is 5.84 Å². The Balaban J connectivity index is 3.37. The maximum Gasteiger partial charge on any atom is 0.273 e. The van der Waals surface area contributed by atoms with E-state index in [-0.39, 0.29) is 9.63 Å². The highest BCUT2D eigenvalue weighted by Gasteiger charge is 2.21. The lowest BCUT2D eigenvalue weighted by Crippen LogP contribution is -2.31. The van der Waals surface area contributed by atoms with Gasteiger partial charge in [0.05, 0.1) is 0 Å². The van der Waals surface area contributed by atoms with Crippen LogP contribution in [0, 0.1) is 0 Å². The van der Waals surface area contributed by atoms with Crippen LogP contribution >= 0.6 is 15.9 Å². The van der Waals surface area contributed by atoms with Crippen LogP contribution in [0.2, 0.25) is 0 Å². The molecule has 0 atom stereocenters. The first kappa shape index (κ1) is 9.58. The van der Waals surface area contributed by atoms with E-state index in [9.17, 15) is 8.42 Å². The van der Waals surface area contributed by atoms with Crippen LogP contribution in [-0.4, -0.2) is 23.4 Å². The second kappa shape index (κ2) is 3.09. The second-order valence-electron chi connectivity index (χ2n) is 1.93. The van der Waals surface area contributed by atoms with Crippen molar-refractivity contribution in [3.63, 3.8) is 0 Å². The molecular weight excluding hydrogens is 250 g/mol. The summed E-state index contributed by atoms with van der Waals surface area (Å²) in [7, 11) is -2.25. The quantitative estimate of drug-likeness (QED) is 0.507. The number of halogens is 1. The number of nitrogens with zero attached hydrogens (tertiary/aromatic N) is 3. The molecule has 0 aliphatic heterocycles. The Morgan fingerprint density at radius 3 is 2.58 bits per heavy atom. The first-order chi connectivity index (χ1) is 5.49. The molecule has 0 aromatic carbocycles. The molecule has 1 aromatic rings. The topological polar surface area (TPSA) is 103 Å². The van der Waals surface area contributed by atoms with Gasteiger partial charge in [0.2, 0.25) is 5.03 Å². The molecule has 1 aromatic heterocycles. The van der Waals surface area contributed by atoms with E-state index in [1.54, 1.807) is 4.83 Å². The van der Waals surface area contributed by atoms with Crippen LogP contribution in [0.3, 0.4) is 0 Å². The molecule has 12 heavy (non-hydrogen) atoms. The maximum atomic E-state index is 11.1. The molecule has 1 heterocycles. The van der Waals surface area contributed by atoms with Crippen molar-refractivity contribution in [2.75, 3.05) is 0 Å². The van der Waals surface area contributed by atoms with Crippen LogP contribution in [0.5, 0.6) is 0 Å². The van der Waals surface area contributed by atoms with Crippen molar-refractivity contribution in [2.45, 2.75) is 5.03 Å². The molecule has 0 radical (unpaired) electrons. The lowest BCUT2D eigenvalue weighted by atomic mass is 10.9.